The summed E-state index contributed by atoms with van der Waals surface area (Å²) in [7, 11) is -5.83. The molecule has 1 aromatic heterocycles. The number of aromatic nitrogens is 2. The summed E-state index contributed by atoms with van der Waals surface area (Å²) in [5, 5.41) is 13.3. The summed E-state index contributed by atoms with van der Waals surface area (Å²) in [6.07, 6.45) is 4.52. The topological polar surface area (TPSA) is 136 Å². The average Bonchev–Trinajstić information content (AvgIpc) is 3.22. The van der Waals surface area contributed by atoms with Gasteiger partial charge in [0.15, 0.2) is 9.84 Å². The summed E-state index contributed by atoms with van der Waals surface area (Å²) in [6, 6.07) is 9.40. The normalized spacial score (nSPS) is 16.1. The van der Waals surface area contributed by atoms with Gasteiger partial charge in [-0.05, 0) is 61.7 Å². The number of hydrogen-bond acceptors (Lipinski definition) is 7. The number of benzene rings is 2. The number of sulfone groups is 1. The lowest BCUT2D eigenvalue weighted by Crippen LogP contribution is -2.33. The zero-order valence-electron chi connectivity index (χ0n) is 19.5. The molecule has 1 heterocycles. The van der Waals surface area contributed by atoms with Gasteiger partial charge in [0.2, 0.25) is 10.0 Å². The standard InChI is InChI=1S/C23H24ClN3O7S2/c1-26(20-4-3-5-21-18(20)13-25-27(21)14-23(28)29)36(32,33)17-10-11-22(19(24)12-17)34-15-6-8-16(9-7-15)35(2,30)31/h6-13,20H,3-5,14H2,1-2H3,(H,28,29)/t20-/m1/s1. The minimum Gasteiger partial charge on any atom is -0.480 e. The molecule has 13 heteroatoms. The maximum absolute atomic E-state index is 13.4. The summed E-state index contributed by atoms with van der Waals surface area (Å²) >= 11 is 6.34. The largest absolute Gasteiger partial charge is 0.480 e. The number of nitrogens with zero attached hydrogens (tertiary/aromatic N) is 3. The highest BCUT2D eigenvalue weighted by Gasteiger charge is 2.34. The Balaban J connectivity index is 1.56. The predicted octanol–water partition coefficient (Wildman–Crippen LogP) is 3.52. The van der Waals surface area contributed by atoms with Gasteiger partial charge in [0.25, 0.3) is 0 Å². The van der Waals surface area contributed by atoms with Crippen LogP contribution in [0.1, 0.15) is 30.1 Å². The smallest absolute Gasteiger partial charge is 0.325 e. The predicted molar refractivity (Wildman–Crippen MR) is 132 cm³/mol. The molecular weight excluding hydrogens is 530 g/mol. The van der Waals surface area contributed by atoms with Gasteiger partial charge in [-0.15, -0.1) is 0 Å². The van der Waals surface area contributed by atoms with Crippen molar-refractivity contribution in [2.24, 2.45) is 0 Å². The third kappa shape index (κ3) is 5.26. The Bertz CT molecular complexity index is 1520. The first-order valence-corrected chi connectivity index (χ1v) is 14.6. The molecule has 0 fully saturated rings. The maximum Gasteiger partial charge on any atom is 0.325 e. The second-order valence-electron chi connectivity index (χ2n) is 8.47. The molecular formula is C23H24ClN3O7S2. The fourth-order valence-corrected chi connectivity index (χ4v) is 6.49. The lowest BCUT2D eigenvalue weighted by molar-refractivity contribution is -0.137. The Morgan fingerprint density at radius 1 is 1.17 bits per heavy atom. The van der Waals surface area contributed by atoms with Crippen LogP contribution in [0.25, 0.3) is 0 Å². The van der Waals surface area contributed by atoms with Crippen molar-refractivity contribution in [3.8, 4) is 11.5 Å². The second kappa shape index (κ2) is 9.85. The SMILES string of the molecule is CN([C@@H]1CCCc2c1cnn2CC(=O)O)S(=O)(=O)c1ccc(Oc2ccc(S(C)(=O)=O)cc2)c(Cl)c1. The lowest BCUT2D eigenvalue weighted by atomic mass is 9.93. The van der Waals surface area contributed by atoms with Crippen LogP contribution in [-0.2, 0) is 37.6 Å². The number of halogens is 1. The van der Waals surface area contributed by atoms with Crippen molar-refractivity contribution in [2.75, 3.05) is 13.3 Å². The minimum atomic E-state index is -3.96. The van der Waals surface area contributed by atoms with E-state index >= 15 is 0 Å². The molecule has 4 rings (SSSR count). The van der Waals surface area contributed by atoms with Gasteiger partial charge in [-0.3, -0.25) is 9.48 Å². The van der Waals surface area contributed by atoms with E-state index in [0.717, 1.165) is 11.9 Å². The van der Waals surface area contributed by atoms with E-state index in [4.69, 9.17) is 21.4 Å². The zero-order chi connectivity index (χ0) is 26.3. The van der Waals surface area contributed by atoms with Crippen LogP contribution in [0.2, 0.25) is 5.02 Å². The van der Waals surface area contributed by atoms with E-state index in [0.29, 0.717) is 30.6 Å². The Labute approximate surface area is 214 Å². The van der Waals surface area contributed by atoms with Gasteiger partial charge in [-0.2, -0.15) is 9.40 Å². The van der Waals surface area contributed by atoms with Crippen molar-refractivity contribution in [3.05, 3.63) is 64.9 Å². The summed E-state index contributed by atoms with van der Waals surface area (Å²) in [4.78, 5) is 11.2. The molecule has 3 aromatic rings. The molecule has 0 spiro atoms. The number of carboxylic acids is 1. The van der Waals surface area contributed by atoms with Crippen molar-refractivity contribution in [2.45, 2.75) is 41.6 Å². The van der Waals surface area contributed by atoms with Crippen LogP contribution < -0.4 is 4.74 Å². The lowest BCUT2D eigenvalue weighted by Gasteiger charge is -2.31. The summed E-state index contributed by atoms with van der Waals surface area (Å²) < 4.78 is 58.5. The molecule has 0 aliphatic heterocycles. The Morgan fingerprint density at radius 3 is 2.44 bits per heavy atom. The van der Waals surface area contributed by atoms with Crippen LogP contribution >= 0.6 is 11.6 Å². The molecule has 36 heavy (non-hydrogen) atoms. The number of rotatable bonds is 8. The fourth-order valence-electron chi connectivity index (χ4n) is 4.18. The first-order valence-electron chi connectivity index (χ1n) is 10.9. The first-order chi connectivity index (χ1) is 16.9. The molecule has 0 unspecified atom stereocenters. The fraction of sp³-hybridized carbons (Fsp3) is 0.304. The van der Waals surface area contributed by atoms with E-state index in [-0.39, 0.29) is 27.1 Å². The molecule has 0 radical (unpaired) electrons. The summed E-state index contributed by atoms with van der Waals surface area (Å²) in [5.74, 6) is -0.474. The van der Waals surface area contributed by atoms with E-state index < -0.39 is 31.9 Å². The van der Waals surface area contributed by atoms with Crippen molar-refractivity contribution >= 4 is 37.4 Å². The van der Waals surface area contributed by atoms with Gasteiger partial charge in [-0.1, -0.05) is 11.6 Å². The van der Waals surface area contributed by atoms with Crippen LogP contribution in [0, 0.1) is 0 Å². The molecule has 0 saturated carbocycles. The van der Waals surface area contributed by atoms with Crippen molar-refractivity contribution in [3.63, 3.8) is 0 Å². The summed E-state index contributed by atoms with van der Waals surface area (Å²) in [6.45, 7) is -0.285. The van der Waals surface area contributed by atoms with Gasteiger partial charge < -0.3 is 9.84 Å². The van der Waals surface area contributed by atoms with Crippen molar-refractivity contribution in [1.82, 2.24) is 14.1 Å². The summed E-state index contributed by atoms with van der Waals surface area (Å²) in [5.41, 5.74) is 1.41. The zero-order valence-corrected chi connectivity index (χ0v) is 21.8. The number of carboxylic acid groups (broad SMARTS) is 1. The molecule has 1 N–H and O–H groups in total. The van der Waals surface area contributed by atoms with E-state index in [1.54, 1.807) is 0 Å². The van der Waals surface area contributed by atoms with E-state index in [1.165, 1.54) is 64.7 Å². The average molecular weight is 554 g/mol. The molecule has 0 saturated heterocycles. The van der Waals surface area contributed by atoms with Crippen LogP contribution in [0.4, 0.5) is 0 Å². The van der Waals surface area contributed by atoms with Crippen LogP contribution in [-0.4, -0.2) is 55.3 Å². The molecule has 1 aliphatic carbocycles. The quantitative estimate of drug-likeness (QED) is 0.447. The minimum absolute atomic E-state index is 0.0279. The molecule has 0 bridgehead atoms. The van der Waals surface area contributed by atoms with E-state index in [2.05, 4.69) is 5.10 Å². The first kappa shape index (κ1) is 26.1. The number of hydrogen-bond donors (Lipinski definition) is 1. The number of sulfonamides is 1. The molecule has 0 amide bonds. The highest BCUT2D eigenvalue weighted by molar-refractivity contribution is 7.90. The monoisotopic (exact) mass is 553 g/mol. The molecule has 1 aliphatic rings. The number of ether oxygens (including phenoxy) is 1. The van der Waals surface area contributed by atoms with E-state index in [1.807, 2.05) is 0 Å². The van der Waals surface area contributed by atoms with Gasteiger partial charge >= 0.3 is 5.97 Å². The highest BCUT2D eigenvalue weighted by Crippen LogP contribution is 2.38. The number of aliphatic carboxylic acids is 1. The van der Waals surface area contributed by atoms with Crippen molar-refractivity contribution in [1.29, 1.82) is 0 Å². The number of carbonyl (C=O) groups is 1. The van der Waals surface area contributed by atoms with Gasteiger partial charge in [-0.25, -0.2) is 16.8 Å². The Kier molecular flexibility index (Phi) is 7.15. The van der Waals surface area contributed by atoms with Crippen LogP contribution in [0.15, 0.2) is 58.5 Å². The van der Waals surface area contributed by atoms with Crippen LogP contribution in [0.5, 0.6) is 11.5 Å². The third-order valence-corrected chi connectivity index (χ3v) is 9.30. The van der Waals surface area contributed by atoms with Gasteiger partial charge in [0, 0.05) is 24.6 Å². The Hall–Kier alpha value is -2.93. The van der Waals surface area contributed by atoms with E-state index in [9.17, 15) is 21.6 Å². The Morgan fingerprint density at radius 2 is 1.83 bits per heavy atom. The molecule has 2 aromatic carbocycles. The van der Waals surface area contributed by atoms with Crippen molar-refractivity contribution < 1.29 is 31.5 Å². The molecule has 192 valence electrons. The highest BCUT2D eigenvalue weighted by atomic mass is 35.5. The van der Waals surface area contributed by atoms with Gasteiger partial charge in [0.05, 0.1) is 27.1 Å². The van der Waals surface area contributed by atoms with Crippen LogP contribution in [0.3, 0.4) is 0 Å². The number of fused-ring (bicyclic) bond motifs is 1. The molecule has 1 atom stereocenters. The third-order valence-electron chi connectivity index (χ3n) is 6.02. The maximum atomic E-state index is 13.4. The molecule has 10 nitrogen and oxygen atoms in total. The second-order valence-corrected chi connectivity index (χ2v) is 12.9. The van der Waals surface area contributed by atoms with Gasteiger partial charge in [0.1, 0.15) is 18.0 Å².